The smallest absolute Gasteiger partial charge is 0.408 e. The van der Waals surface area contributed by atoms with Gasteiger partial charge in [0.2, 0.25) is 0 Å². The number of ketones is 1. The summed E-state index contributed by atoms with van der Waals surface area (Å²) in [6.45, 7) is 1.25. The number of hydrogen-bond donors (Lipinski definition) is 2. The van der Waals surface area contributed by atoms with Crippen LogP contribution in [-0.4, -0.2) is 47.6 Å². The van der Waals surface area contributed by atoms with E-state index >= 15 is 0 Å². The Balaban J connectivity index is 1.81. The number of carbonyl (C=O) groups is 2. The molecule has 1 aliphatic heterocycles. The van der Waals surface area contributed by atoms with Crippen molar-refractivity contribution in [3.05, 3.63) is 60.2 Å². The van der Waals surface area contributed by atoms with Crippen molar-refractivity contribution in [3.63, 3.8) is 0 Å². The van der Waals surface area contributed by atoms with E-state index in [0.29, 0.717) is 25.2 Å². The van der Waals surface area contributed by atoms with Crippen molar-refractivity contribution < 1.29 is 14.7 Å². The maximum Gasteiger partial charge on any atom is 0.408 e. The number of piperazine rings is 1. The minimum Gasteiger partial charge on any atom is -0.465 e. The average molecular weight is 310 g/mol. The molecular weight excluding hydrogens is 292 g/mol. The normalized spacial score (nSPS) is 17.7. The van der Waals surface area contributed by atoms with E-state index in [1.165, 1.54) is 4.90 Å². The predicted molar refractivity (Wildman–Crippen MR) is 87.6 cm³/mol. The summed E-state index contributed by atoms with van der Waals surface area (Å²) < 4.78 is 0. The van der Waals surface area contributed by atoms with Gasteiger partial charge in [-0.15, -0.1) is 0 Å². The van der Waals surface area contributed by atoms with Gasteiger partial charge in [0.05, 0.1) is 0 Å². The van der Waals surface area contributed by atoms with E-state index in [9.17, 15) is 14.7 Å². The third-order valence-electron chi connectivity index (χ3n) is 4.07. The second-order valence-corrected chi connectivity index (χ2v) is 5.50. The molecule has 118 valence electrons. The third kappa shape index (κ3) is 3.24. The molecule has 0 radical (unpaired) electrons. The first-order valence-corrected chi connectivity index (χ1v) is 7.57. The topological polar surface area (TPSA) is 69.6 Å². The van der Waals surface area contributed by atoms with Gasteiger partial charge in [0.25, 0.3) is 0 Å². The van der Waals surface area contributed by atoms with E-state index in [-0.39, 0.29) is 5.78 Å². The highest BCUT2D eigenvalue weighted by molar-refractivity contribution is 6.02. The fourth-order valence-corrected chi connectivity index (χ4v) is 2.82. The number of hydrogen-bond acceptors (Lipinski definition) is 3. The van der Waals surface area contributed by atoms with Crippen LogP contribution in [0.1, 0.15) is 10.4 Å². The molecule has 1 unspecified atom stereocenters. The van der Waals surface area contributed by atoms with Gasteiger partial charge in [-0.2, -0.15) is 0 Å². The first-order chi connectivity index (χ1) is 11.2. The first-order valence-electron chi connectivity index (χ1n) is 7.57. The molecule has 1 fully saturated rings. The number of carbonyl (C=O) groups excluding carboxylic acids is 1. The average Bonchev–Trinajstić information content (AvgIpc) is 2.62. The molecular formula is C18H18N2O3. The van der Waals surface area contributed by atoms with Gasteiger partial charge >= 0.3 is 6.09 Å². The highest BCUT2D eigenvalue weighted by Gasteiger charge is 2.32. The quantitative estimate of drug-likeness (QED) is 0.855. The fourth-order valence-electron chi connectivity index (χ4n) is 2.82. The van der Waals surface area contributed by atoms with Crippen LogP contribution in [0.5, 0.6) is 0 Å². The van der Waals surface area contributed by atoms with Crippen molar-refractivity contribution in [3.8, 4) is 11.1 Å². The summed E-state index contributed by atoms with van der Waals surface area (Å²) >= 11 is 0. The molecule has 0 aromatic heterocycles. The zero-order valence-corrected chi connectivity index (χ0v) is 12.6. The van der Waals surface area contributed by atoms with Crippen molar-refractivity contribution in [2.75, 3.05) is 19.6 Å². The molecule has 1 amide bonds. The fraction of sp³-hybridized carbons (Fsp3) is 0.222. The van der Waals surface area contributed by atoms with E-state index < -0.39 is 12.1 Å². The molecule has 3 rings (SSSR count). The molecule has 2 N–H and O–H groups in total. The standard InChI is InChI=1S/C18H18N2O3/c21-17(16-12-19-10-11-20(16)18(22)23)15-8-6-14(7-9-15)13-4-2-1-3-5-13/h1-9,16,19H,10-12H2,(H,22,23). The molecule has 5 heteroatoms. The molecule has 1 aliphatic rings. The molecule has 0 bridgehead atoms. The Morgan fingerprint density at radius 1 is 1.00 bits per heavy atom. The third-order valence-corrected chi connectivity index (χ3v) is 4.07. The van der Waals surface area contributed by atoms with Gasteiger partial charge in [-0.25, -0.2) is 4.79 Å². The monoisotopic (exact) mass is 310 g/mol. The second kappa shape index (κ2) is 6.62. The van der Waals surface area contributed by atoms with Crippen LogP contribution >= 0.6 is 0 Å². The van der Waals surface area contributed by atoms with Crippen LogP contribution in [0.2, 0.25) is 0 Å². The zero-order chi connectivity index (χ0) is 16.2. The molecule has 5 nitrogen and oxygen atoms in total. The number of benzene rings is 2. The lowest BCUT2D eigenvalue weighted by Gasteiger charge is -2.33. The first kappa shape index (κ1) is 15.2. The molecule has 2 aromatic rings. The second-order valence-electron chi connectivity index (χ2n) is 5.50. The van der Waals surface area contributed by atoms with Gasteiger partial charge < -0.3 is 10.4 Å². The molecule has 0 saturated carbocycles. The Hall–Kier alpha value is -2.66. The van der Waals surface area contributed by atoms with E-state index in [0.717, 1.165) is 11.1 Å². The summed E-state index contributed by atoms with van der Waals surface area (Å²) in [5.74, 6) is -0.167. The largest absolute Gasteiger partial charge is 0.465 e. The molecule has 23 heavy (non-hydrogen) atoms. The highest BCUT2D eigenvalue weighted by atomic mass is 16.4. The molecule has 1 saturated heterocycles. The summed E-state index contributed by atoms with van der Waals surface area (Å²) in [7, 11) is 0. The SMILES string of the molecule is O=C(c1ccc(-c2ccccc2)cc1)C1CNCCN1C(=O)O. The van der Waals surface area contributed by atoms with Crippen LogP contribution in [0.15, 0.2) is 54.6 Å². The van der Waals surface area contributed by atoms with Crippen molar-refractivity contribution in [2.24, 2.45) is 0 Å². The zero-order valence-electron chi connectivity index (χ0n) is 12.6. The Labute approximate surface area is 134 Å². The highest BCUT2D eigenvalue weighted by Crippen LogP contribution is 2.20. The molecule has 2 aromatic carbocycles. The minimum absolute atomic E-state index is 0.167. The number of rotatable bonds is 3. The van der Waals surface area contributed by atoms with E-state index in [1.807, 2.05) is 42.5 Å². The minimum atomic E-state index is -1.05. The maximum atomic E-state index is 12.6. The molecule has 0 spiro atoms. The lowest BCUT2D eigenvalue weighted by atomic mass is 9.98. The van der Waals surface area contributed by atoms with Crippen LogP contribution in [0.25, 0.3) is 11.1 Å². The van der Waals surface area contributed by atoms with Gasteiger partial charge in [-0.05, 0) is 11.1 Å². The van der Waals surface area contributed by atoms with Crippen molar-refractivity contribution in [2.45, 2.75) is 6.04 Å². The molecule has 1 heterocycles. The predicted octanol–water partition coefficient (Wildman–Crippen LogP) is 2.49. The van der Waals surface area contributed by atoms with Crippen LogP contribution in [0, 0.1) is 0 Å². The van der Waals surface area contributed by atoms with Gasteiger partial charge in [0.1, 0.15) is 6.04 Å². The molecule has 1 atom stereocenters. The van der Waals surface area contributed by atoms with Crippen LogP contribution < -0.4 is 5.32 Å². The van der Waals surface area contributed by atoms with E-state index in [1.54, 1.807) is 12.1 Å². The van der Waals surface area contributed by atoms with E-state index in [4.69, 9.17) is 0 Å². The van der Waals surface area contributed by atoms with Gasteiger partial charge in [0.15, 0.2) is 5.78 Å². The lowest BCUT2D eigenvalue weighted by molar-refractivity contribution is 0.0741. The summed E-state index contributed by atoms with van der Waals surface area (Å²) in [6, 6.07) is 16.6. The summed E-state index contributed by atoms with van der Waals surface area (Å²) in [5, 5.41) is 12.3. The van der Waals surface area contributed by atoms with Crippen LogP contribution in [-0.2, 0) is 0 Å². The summed E-state index contributed by atoms with van der Waals surface area (Å²) in [4.78, 5) is 25.1. The summed E-state index contributed by atoms with van der Waals surface area (Å²) in [5.41, 5.74) is 2.64. The van der Waals surface area contributed by atoms with Crippen LogP contribution in [0.4, 0.5) is 4.79 Å². The van der Waals surface area contributed by atoms with Gasteiger partial charge in [-0.3, -0.25) is 9.69 Å². The summed E-state index contributed by atoms with van der Waals surface area (Å²) in [6.07, 6.45) is -1.05. The number of amides is 1. The van der Waals surface area contributed by atoms with E-state index in [2.05, 4.69) is 5.32 Å². The maximum absolute atomic E-state index is 12.6. The van der Waals surface area contributed by atoms with Gasteiger partial charge in [0, 0.05) is 25.2 Å². The van der Waals surface area contributed by atoms with Gasteiger partial charge in [-0.1, -0.05) is 54.6 Å². The number of carboxylic acid groups (broad SMARTS) is 1. The Morgan fingerprint density at radius 3 is 2.30 bits per heavy atom. The Morgan fingerprint density at radius 2 is 1.65 bits per heavy atom. The number of nitrogens with one attached hydrogen (secondary N) is 1. The Bertz CT molecular complexity index is 698. The van der Waals surface area contributed by atoms with Crippen molar-refractivity contribution in [1.82, 2.24) is 10.2 Å². The number of nitrogens with zero attached hydrogens (tertiary/aromatic N) is 1. The van der Waals surface area contributed by atoms with Crippen LogP contribution in [0.3, 0.4) is 0 Å². The van der Waals surface area contributed by atoms with Crippen molar-refractivity contribution >= 4 is 11.9 Å². The Kier molecular flexibility index (Phi) is 4.39. The molecule has 0 aliphatic carbocycles. The number of Topliss-reactive ketones (excluding diaryl/α,β-unsaturated/α-hetero) is 1. The van der Waals surface area contributed by atoms with Crippen molar-refractivity contribution in [1.29, 1.82) is 0 Å². The lowest BCUT2D eigenvalue weighted by Crippen LogP contribution is -2.56.